The number of hydrogen-bond acceptors (Lipinski definition) is 2. The lowest BCUT2D eigenvalue weighted by molar-refractivity contribution is -0.118. The highest BCUT2D eigenvalue weighted by Crippen LogP contribution is 2.23. The third-order valence-corrected chi connectivity index (χ3v) is 2.76. The van der Waals surface area contributed by atoms with Gasteiger partial charge in [0.15, 0.2) is 5.78 Å². The van der Waals surface area contributed by atoms with Gasteiger partial charge in [-0.25, -0.2) is 0 Å². The molecule has 0 bridgehead atoms. The van der Waals surface area contributed by atoms with Gasteiger partial charge in [-0.15, -0.1) is 0 Å². The molecule has 1 atom stereocenters. The molecule has 0 fully saturated rings. The average molecular weight is 202 g/mol. The molecule has 2 rings (SSSR count). The predicted octanol–water partition coefficient (Wildman–Crippen LogP) is 2.85. The first-order valence-corrected chi connectivity index (χ1v) is 5.23. The van der Waals surface area contributed by atoms with E-state index in [2.05, 4.69) is 0 Å². The second-order valence-corrected chi connectivity index (χ2v) is 3.87. The standard InChI is InChI=1S/C13H14O2/c14-12-8-6-11(7-9-12)13(15)10-4-2-1-3-5-10/h1-4,6,8,10,14H,5,7,9H2. The molecular formula is C13H14O2. The van der Waals surface area contributed by atoms with Gasteiger partial charge in [0.05, 0.1) is 5.76 Å². The van der Waals surface area contributed by atoms with Gasteiger partial charge >= 0.3 is 0 Å². The lowest BCUT2D eigenvalue weighted by Gasteiger charge is -2.16. The number of rotatable bonds is 2. The zero-order valence-electron chi connectivity index (χ0n) is 8.52. The van der Waals surface area contributed by atoms with Crippen LogP contribution in [0.2, 0.25) is 0 Å². The van der Waals surface area contributed by atoms with E-state index in [0.29, 0.717) is 18.6 Å². The molecular weight excluding hydrogens is 188 g/mol. The molecule has 0 aliphatic heterocycles. The van der Waals surface area contributed by atoms with E-state index in [9.17, 15) is 9.90 Å². The third kappa shape index (κ3) is 2.27. The maximum absolute atomic E-state index is 12.0. The Bertz CT molecular complexity index is 383. The molecule has 1 unspecified atom stereocenters. The summed E-state index contributed by atoms with van der Waals surface area (Å²) in [6, 6.07) is 0. The molecule has 1 N–H and O–H groups in total. The summed E-state index contributed by atoms with van der Waals surface area (Å²) >= 11 is 0. The molecule has 0 aromatic rings. The molecule has 0 aromatic carbocycles. The number of carbonyl (C=O) groups excluding carboxylic acids is 1. The predicted molar refractivity (Wildman–Crippen MR) is 59.4 cm³/mol. The molecule has 2 heteroatoms. The number of Topliss-reactive ketones (excluding diaryl/α,β-unsaturated/α-hetero) is 1. The summed E-state index contributed by atoms with van der Waals surface area (Å²) in [7, 11) is 0. The zero-order valence-corrected chi connectivity index (χ0v) is 8.52. The Kier molecular flexibility index (Phi) is 2.86. The van der Waals surface area contributed by atoms with E-state index >= 15 is 0 Å². The van der Waals surface area contributed by atoms with Crippen molar-refractivity contribution in [3.8, 4) is 0 Å². The van der Waals surface area contributed by atoms with Gasteiger partial charge in [0.1, 0.15) is 0 Å². The summed E-state index contributed by atoms with van der Waals surface area (Å²) in [6.07, 6.45) is 13.3. The minimum absolute atomic E-state index is 0.00473. The molecule has 2 aliphatic carbocycles. The van der Waals surface area contributed by atoms with Crippen molar-refractivity contribution in [2.45, 2.75) is 19.3 Å². The number of aliphatic hydroxyl groups is 1. The Morgan fingerprint density at radius 1 is 1.27 bits per heavy atom. The lowest BCUT2D eigenvalue weighted by Crippen LogP contribution is -2.16. The van der Waals surface area contributed by atoms with Gasteiger partial charge in [-0.3, -0.25) is 4.79 Å². The van der Waals surface area contributed by atoms with Crippen molar-refractivity contribution in [3.63, 3.8) is 0 Å². The highest BCUT2D eigenvalue weighted by molar-refractivity contribution is 5.99. The van der Waals surface area contributed by atoms with E-state index in [1.807, 2.05) is 24.3 Å². The fraction of sp³-hybridized carbons (Fsp3) is 0.308. The van der Waals surface area contributed by atoms with Gasteiger partial charge < -0.3 is 5.11 Å². The van der Waals surface area contributed by atoms with Gasteiger partial charge in [-0.05, 0) is 24.5 Å². The Hall–Kier alpha value is -1.57. The SMILES string of the molecule is O=C(C1=CC=C(O)CC1)C1C=CC=CC1. The van der Waals surface area contributed by atoms with E-state index < -0.39 is 0 Å². The molecule has 2 nitrogen and oxygen atoms in total. The summed E-state index contributed by atoms with van der Waals surface area (Å²) in [5, 5.41) is 9.20. The van der Waals surface area contributed by atoms with Crippen LogP contribution >= 0.6 is 0 Å². The largest absolute Gasteiger partial charge is 0.512 e. The minimum atomic E-state index is -0.00473. The van der Waals surface area contributed by atoms with Gasteiger partial charge in [0.25, 0.3) is 0 Å². The highest BCUT2D eigenvalue weighted by Gasteiger charge is 2.20. The van der Waals surface area contributed by atoms with Crippen LogP contribution in [0.4, 0.5) is 0 Å². The molecule has 0 amide bonds. The number of aliphatic hydroxyl groups excluding tert-OH is 1. The molecule has 78 valence electrons. The molecule has 2 aliphatic rings. The van der Waals surface area contributed by atoms with Gasteiger partial charge in [0, 0.05) is 12.3 Å². The normalized spacial score (nSPS) is 24.7. The number of ketones is 1. The van der Waals surface area contributed by atoms with E-state index in [1.165, 1.54) is 0 Å². The van der Waals surface area contributed by atoms with Crippen LogP contribution in [0.25, 0.3) is 0 Å². The minimum Gasteiger partial charge on any atom is -0.512 e. The number of allylic oxidation sites excluding steroid dienone is 8. The first kappa shape index (κ1) is 9.97. The van der Waals surface area contributed by atoms with E-state index in [4.69, 9.17) is 0 Å². The van der Waals surface area contributed by atoms with Gasteiger partial charge in [0.2, 0.25) is 0 Å². The fourth-order valence-corrected chi connectivity index (χ4v) is 1.84. The molecule has 0 saturated heterocycles. The van der Waals surface area contributed by atoms with E-state index in [-0.39, 0.29) is 11.7 Å². The summed E-state index contributed by atoms with van der Waals surface area (Å²) in [5.41, 5.74) is 0.831. The van der Waals surface area contributed by atoms with Crippen LogP contribution in [0.5, 0.6) is 0 Å². The molecule has 0 saturated carbocycles. The second-order valence-electron chi connectivity index (χ2n) is 3.87. The molecule has 0 radical (unpaired) electrons. The average Bonchev–Trinajstić information content (AvgIpc) is 2.30. The molecule has 0 heterocycles. The van der Waals surface area contributed by atoms with Crippen LogP contribution in [-0.4, -0.2) is 10.9 Å². The Labute approximate surface area is 89.3 Å². The second kappa shape index (κ2) is 4.30. The van der Waals surface area contributed by atoms with Crippen LogP contribution < -0.4 is 0 Å². The fourth-order valence-electron chi connectivity index (χ4n) is 1.84. The molecule has 0 aromatic heterocycles. The Morgan fingerprint density at radius 3 is 2.73 bits per heavy atom. The van der Waals surface area contributed by atoms with Crippen LogP contribution in [0.15, 0.2) is 47.8 Å². The van der Waals surface area contributed by atoms with Gasteiger partial charge in [-0.2, -0.15) is 0 Å². The monoisotopic (exact) mass is 202 g/mol. The summed E-state index contributed by atoms with van der Waals surface area (Å²) in [5.74, 6) is 0.555. The maximum Gasteiger partial charge on any atom is 0.166 e. The van der Waals surface area contributed by atoms with Crippen LogP contribution in [0.1, 0.15) is 19.3 Å². The van der Waals surface area contributed by atoms with E-state index in [0.717, 1.165) is 12.0 Å². The molecule has 15 heavy (non-hydrogen) atoms. The first-order valence-electron chi connectivity index (χ1n) is 5.23. The number of carbonyl (C=O) groups is 1. The molecule has 0 spiro atoms. The van der Waals surface area contributed by atoms with Crippen LogP contribution in [-0.2, 0) is 4.79 Å². The maximum atomic E-state index is 12.0. The smallest absolute Gasteiger partial charge is 0.166 e. The summed E-state index contributed by atoms with van der Waals surface area (Å²) in [4.78, 5) is 12.0. The quantitative estimate of drug-likeness (QED) is 0.747. The summed E-state index contributed by atoms with van der Waals surface area (Å²) in [6.45, 7) is 0. The van der Waals surface area contributed by atoms with E-state index in [1.54, 1.807) is 12.2 Å². The van der Waals surface area contributed by atoms with Gasteiger partial charge in [-0.1, -0.05) is 30.4 Å². The summed E-state index contributed by atoms with van der Waals surface area (Å²) < 4.78 is 0. The van der Waals surface area contributed by atoms with Crippen molar-refractivity contribution in [2.24, 2.45) is 5.92 Å². The Morgan fingerprint density at radius 2 is 2.13 bits per heavy atom. The van der Waals surface area contributed by atoms with Crippen molar-refractivity contribution >= 4 is 5.78 Å². The van der Waals surface area contributed by atoms with Crippen molar-refractivity contribution in [2.75, 3.05) is 0 Å². The first-order chi connectivity index (χ1) is 7.27. The van der Waals surface area contributed by atoms with Crippen molar-refractivity contribution in [1.82, 2.24) is 0 Å². The van der Waals surface area contributed by atoms with Crippen molar-refractivity contribution in [1.29, 1.82) is 0 Å². The van der Waals surface area contributed by atoms with Crippen LogP contribution in [0, 0.1) is 5.92 Å². The third-order valence-electron chi connectivity index (χ3n) is 2.76. The topological polar surface area (TPSA) is 37.3 Å². The lowest BCUT2D eigenvalue weighted by atomic mass is 9.88. The highest BCUT2D eigenvalue weighted by atomic mass is 16.3. The van der Waals surface area contributed by atoms with Crippen LogP contribution in [0.3, 0.4) is 0 Å². The van der Waals surface area contributed by atoms with Crippen molar-refractivity contribution in [3.05, 3.63) is 47.8 Å². The zero-order chi connectivity index (χ0) is 10.7. The number of hydrogen-bond donors (Lipinski definition) is 1. The Balaban J connectivity index is 2.08. The van der Waals surface area contributed by atoms with Crippen molar-refractivity contribution < 1.29 is 9.90 Å².